The minimum Gasteiger partial charge on any atom is -0.447 e. The van der Waals surface area contributed by atoms with Crippen LogP contribution < -0.4 is 4.90 Å². The van der Waals surface area contributed by atoms with Crippen molar-refractivity contribution in [2.75, 3.05) is 24.7 Å². The zero-order valence-electron chi connectivity index (χ0n) is 23.5. The van der Waals surface area contributed by atoms with Gasteiger partial charge in [-0.15, -0.1) is 5.10 Å². The van der Waals surface area contributed by atoms with Crippen LogP contribution in [0.15, 0.2) is 60.8 Å². The second-order valence-corrected chi connectivity index (χ2v) is 15.5. The van der Waals surface area contributed by atoms with Gasteiger partial charge in [0.1, 0.15) is 6.61 Å². The predicted octanol–water partition coefficient (Wildman–Crippen LogP) is 4.35. The fourth-order valence-electron chi connectivity index (χ4n) is 6.36. The van der Waals surface area contributed by atoms with Gasteiger partial charge in [-0.2, -0.15) is 0 Å². The third-order valence-corrected chi connectivity index (χ3v) is 10.9. The summed E-state index contributed by atoms with van der Waals surface area (Å²) in [4.78, 5) is 24.7. The minimum absolute atomic E-state index is 0.0342. The highest BCUT2D eigenvalue weighted by atomic mass is 28.4. The van der Waals surface area contributed by atoms with Gasteiger partial charge in [0.05, 0.1) is 37.0 Å². The molecule has 2 aromatic carbocycles. The normalized spacial score (nSPS) is 23.9. The van der Waals surface area contributed by atoms with Crippen molar-refractivity contribution < 1.29 is 24.2 Å². The summed E-state index contributed by atoms with van der Waals surface area (Å²) in [5.74, 6) is 0.0373. The number of rotatable bonds is 11. The van der Waals surface area contributed by atoms with E-state index >= 15 is 0 Å². The highest BCUT2D eigenvalue weighted by molar-refractivity contribution is 6.71. The van der Waals surface area contributed by atoms with Crippen molar-refractivity contribution in [1.29, 1.82) is 0 Å². The topological polar surface area (TPSA) is 110 Å². The van der Waals surface area contributed by atoms with Crippen LogP contribution in [0.4, 0.5) is 10.5 Å². The van der Waals surface area contributed by atoms with Gasteiger partial charge in [0.15, 0.2) is 8.32 Å². The third kappa shape index (κ3) is 6.30. The Morgan fingerprint density at radius 1 is 1.07 bits per heavy atom. The van der Waals surface area contributed by atoms with Gasteiger partial charge >= 0.3 is 6.09 Å². The number of cyclic esters (lactones) is 1. The van der Waals surface area contributed by atoms with Crippen molar-refractivity contribution in [2.24, 2.45) is 5.92 Å². The number of aryl methyl sites for hydroxylation is 2. The average Bonchev–Trinajstić information content (AvgIpc) is 3.66. The van der Waals surface area contributed by atoms with Gasteiger partial charge in [-0.05, 0) is 61.5 Å². The number of amides is 1. The first kappa shape index (κ1) is 28.5. The van der Waals surface area contributed by atoms with Crippen LogP contribution in [0.2, 0.25) is 18.6 Å². The number of aliphatic hydroxyl groups excluding tert-OH is 1. The number of hydrogen-bond donors (Lipinski definition) is 2. The molecule has 5 atom stereocenters. The number of hydrogen-bond acceptors (Lipinski definition) is 7. The monoisotopic (exact) mass is 564 g/mol. The van der Waals surface area contributed by atoms with Gasteiger partial charge < -0.3 is 19.4 Å². The summed E-state index contributed by atoms with van der Waals surface area (Å²) in [5.41, 5.74) is 3.93. The molecule has 2 fully saturated rings. The molecule has 3 aromatic rings. The number of aliphatic hydroxyl groups is 1. The summed E-state index contributed by atoms with van der Waals surface area (Å²) in [5, 5.41) is 18.7. The molecule has 0 saturated carbocycles. The van der Waals surface area contributed by atoms with Crippen molar-refractivity contribution in [3.05, 3.63) is 77.6 Å². The van der Waals surface area contributed by atoms with Crippen molar-refractivity contribution in [1.82, 2.24) is 15.0 Å². The van der Waals surface area contributed by atoms with Crippen molar-refractivity contribution in [3.63, 3.8) is 0 Å². The molecule has 0 bridgehead atoms. The number of aromatic nitrogens is 3. The van der Waals surface area contributed by atoms with Crippen molar-refractivity contribution in [3.8, 4) is 0 Å². The predicted molar refractivity (Wildman–Crippen MR) is 155 cm³/mol. The molecule has 0 spiro atoms. The molecule has 2 aliphatic heterocycles. The Bertz CT molecular complexity index is 1260. The van der Waals surface area contributed by atoms with Gasteiger partial charge in [-0.25, -0.2) is 4.79 Å². The Morgan fingerprint density at radius 3 is 2.48 bits per heavy atom. The summed E-state index contributed by atoms with van der Waals surface area (Å²) in [7, 11) is -2.48. The average molecular weight is 565 g/mol. The summed E-state index contributed by atoms with van der Waals surface area (Å²) in [6, 6.07) is 17.9. The Kier molecular flexibility index (Phi) is 8.70. The van der Waals surface area contributed by atoms with E-state index in [1.807, 2.05) is 66.4 Å². The molecule has 5 rings (SSSR count). The van der Waals surface area contributed by atoms with Crippen LogP contribution in [0.3, 0.4) is 0 Å². The molecule has 2 aliphatic rings. The SMILES string of the molecule is C[C@H]1[C@H]([Si](C)(C)O)[C@@H](CCn2cc(C(CO)c3ccccc3)nn2)O[C@H]1CCc1ccc(N2CCOC2=O)cc1. The molecule has 2 saturated heterocycles. The lowest BCUT2D eigenvalue weighted by molar-refractivity contribution is 0.0245. The van der Waals surface area contributed by atoms with Gasteiger partial charge in [-0.3, -0.25) is 9.58 Å². The van der Waals surface area contributed by atoms with E-state index in [1.54, 1.807) is 4.90 Å². The first-order valence-electron chi connectivity index (χ1n) is 14.2. The standard InChI is InChI=1S/C30H40N4O5Si/c1-21-27(14-11-22-9-12-24(13-10-22)34-17-18-38-30(34)36)39-28(29(21)40(2,3)37)15-16-33-19-26(31-32-33)25(20-35)23-7-5-4-6-8-23/h4-10,12-13,19,21,25,27-29,35,37H,11,14-18,20H2,1-3H3/t21-,25?,27+,28-,29+/m1/s1. The Balaban J connectivity index is 1.20. The summed E-state index contributed by atoms with van der Waals surface area (Å²) < 4.78 is 13.5. The van der Waals surface area contributed by atoms with Crippen LogP contribution in [-0.4, -0.2) is 71.3 Å². The molecule has 9 nitrogen and oxygen atoms in total. The number of benzene rings is 2. The van der Waals surface area contributed by atoms with E-state index in [9.17, 15) is 14.7 Å². The van der Waals surface area contributed by atoms with Crippen LogP contribution in [0, 0.1) is 5.92 Å². The number of carbonyl (C=O) groups excluding carboxylic acids is 1. The Morgan fingerprint density at radius 2 is 1.82 bits per heavy atom. The second kappa shape index (κ2) is 12.2. The molecule has 3 heterocycles. The zero-order valence-corrected chi connectivity index (χ0v) is 24.5. The summed E-state index contributed by atoms with van der Waals surface area (Å²) in [6.07, 6.45) is 4.09. The molecule has 10 heteroatoms. The minimum atomic E-state index is -2.48. The Labute approximate surface area is 236 Å². The Hall–Kier alpha value is -3.05. The summed E-state index contributed by atoms with van der Waals surface area (Å²) in [6.45, 7) is 7.84. The molecular formula is C30H40N4O5Si. The lowest BCUT2D eigenvalue weighted by Gasteiger charge is -2.30. The van der Waals surface area contributed by atoms with E-state index in [0.717, 1.165) is 36.2 Å². The lowest BCUT2D eigenvalue weighted by atomic mass is 9.95. The van der Waals surface area contributed by atoms with Crippen molar-refractivity contribution in [2.45, 2.75) is 69.5 Å². The van der Waals surface area contributed by atoms with E-state index < -0.39 is 8.32 Å². The molecule has 214 valence electrons. The van der Waals surface area contributed by atoms with E-state index in [1.165, 1.54) is 5.56 Å². The fraction of sp³-hybridized carbons (Fsp3) is 0.500. The largest absolute Gasteiger partial charge is 0.447 e. The maximum Gasteiger partial charge on any atom is 0.414 e. The molecule has 1 unspecified atom stereocenters. The number of nitrogens with zero attached hydrogens (tertiary/aromatic N) is 4. The van der Waals surface area contributed by atoms with Crippen LogP contribution in [-0.2, 0) is 22.4 Å². The first-order chi connectivity index (χ1) is 19.2. The van der Waals surface area contributed by atoms with E-state index in [2.05, 4.69) is 29.4 Å². The maximum atomic E-state index is 11.8. The van der Waals surface area contributed by atoms with Gasteiger partial charge in [0, 0.05) is 24.0 Å². The summed E-state index contributed by atoms with van der Waals surface area (Å²) >= 11 is 0. The number of ether oxygens (including phenoxy) is 2. The highest BCUT2D eigenvalue weighted by Gasteiger charge is 2.49. The van der Waals surface area contributed by atoms with Crippen LogP contribution in [0.25, 0.3) is 0 Å². The number of carbonyl (C=O) groups is 1. The smallest absolute Gasteiger partial charge is 0.414 e. The van der Waals surface area contributed by atoms with Gasteiger partial charge in [-0.1, -0.05) is 54.6 Å². The van der Waals surface area contributed by atoms with Gasteiger partial charge in [0.2, 0.25) is 0 Å². The maximum absolute atomic E-state index is 11.8. The molecule has 0 aliphatic carbocycles. The first-order valence-corrected chi connectivity index (χ1v) is 17.2. The third-order valence-electron chi connectivity index (χ3n) is 8.39. The second-order valence-electron chi connectivity index (χ2n) is 11.6. The molecule has 40 heavy (non-hydrogen) atoms. The molecule has 2 N–H and O–H groups in total. The molecular weight excluding hydrogens is 524 g/mol. The van der Waals surface area contributed by atoms with E-state index in [4.69, 9.17) is 9.47 Å². The lowest BCUT2D eigenvalue weighted by Crippen LogP contribution is -2.40. The van der Waals surface area contributed by atoms with Crippen LogP contribution in [0.5, 0.6) is 0 Å². The van der Waals surface area contributed by atoms with Crippen LogP contribution >= 0.6 is 0 Å². The molecule has 1 aromatic heterocycles. The van der Waals surface area contributed by atoms with Gasteiger partial charge in [0.25, 0.3) is 0 Å². The zero-order chi connectivity index (χ0) is 28.3. The molecule has 1 amide bonds. The highest BCUT2D eigenvalue weighted by Crippen LogP contribution is 2.45. The number of anilines is 1. The van der Waals surface area contributed by atoms with E-state index in [-0.39, 0.29) is 42.3 Å². The molecule has 0 radical (unpaired) electrons. The quantitative estimate of drug-likeness (QED) is 0.333. The van der Waals surface area contributed by atoms with Crippen molar-refractivity contribution >= 4 is 20.1 Å². The van der Waals surface area contributed by atoms with E-state index in [0.29, 0.717) is 19.7 Å². The van der Waals surface area contributed by atoms with Crippen LogP contribution in [0.1, 0.15) is 42.5 Å². The fourth-order valence-corrected chi connectivity index (χ4v) is 9.01.